The van der Waals surface area contributed by atoms with Gasteiger partial charge in [0.05, 0.1) is 5.69 Å². The van der Waals surface area contributed by atoms with Gasteiger partial charge in [-0.1, -0.05) is 0 Å². The molecule has 1 aliphatic heterocycles. The first-order chi connectivity index (χ1) is 5.86. The molecule has 0 spiro atoms. The van der Waals surface area contributed by atoms with Gasteiger partial charge >= 0.3 is 0 Å². The molecule has 2 N–H and O–H groups in total. The lowest BCUT2D eigenvalue weighted by molar-refractivity contribution is 0.743. The highest BCUT2D eigenvalue weighted by Gasteiger charge is 2.10. The normalized spacial score (nSPS) is 21.6. The van der Waals surface area contributed by atoms with Crippen LogP contribution in [0, 0.1) is 0 Å². The predicted octanol–water partition coefficient (Wildman–Crippen LogP) is 1.70. The number of aromatic nitrogens is 1. The molecular weight excluding hydrogens is 150 g/mol. The monoisotopic (exact) mass is 163 g/mol. The summed E-state index contributed by atoms with van der Waals surface area (Å²) in [5.74, 6) is 0.975. The van der Waals surface area contributed by atoms with Crippen molar-refractivity contribution in [2.45, 2.75) is 19.4 Å². The Balaban J connectivity index is 2.31. The van der Waals surface area contributed by atoms with Crippen LogP contribution in [0.5, 0.6) is 0 Å². The third kappa shape index (κ3) is 1.35. The zero-order valence-corrected chi connectivity index (χ0v) is 7.17. The molecule has 3 nitrogen and oxygen atoms in total. The SMILES string of the molecule is CC1CCNc2cccnc2N1. The molecule has 2 rings (SSSR count). The number of rotatable bonds is 0. The Morgan fingerprint density at radius 3 is 3.42 bits per heavy atom. The van der Waals surface area contributed by atoms with E-state index in [0.717, 1.165) is 24.5 Å². The minimum absolute atomic E-state index is 0.508. The van der Waals surface area contributed by atoms with Gasteiger partial charge in [-0.25, -0.2) is 4.98 Å². The van der Waals surface area contributed by atoms with E-state index in [1.54, 1.807) is 0 Å². The van der Waals surface area contributed by atoms with Gasteiger partial charge in [-0.3, -0.25) is 0 Å². The zero-order valence-electron chi connectivity index (χ0n) is 7.17. The first-order valence-electron chi connectivity index (χ1n) is 4.31. The fourth-order valence-corrected chi connectivity index (χ4v) is 1.39. The summed E-state index contributed by atoms with van der Waals surface area (Å²) in [6, 6.07) is 4.50. The van der Waals surface area contributed by atoms with Crippen molar-refractivity contribution < 1.29 is 0 Å². The standard InChI is InChI=1S/C9H13N3/c1-7-4-6-10-8-3-2-5-11-9(8)12-7/h2-3,5,7,10H,4,6H2,1H3,(H,11,12). The minimum atomic E-state index is 0.508. The lowest BCUT2D eigenvalue weighted by Crippen LogP contribution is -2.15. The fraction of sp³-hybridized carbons (Fsp3) is 0.444. The number of fused-ring (bicyclic) bond motifs is 1. The van der Waals surface area contributed by atoms with Gasteiger partial charge in [0.1, 0.15) is 5.82 Å². The van der Waals surface area contributed by atoms with Crippen molar-refractivity contribution in [3.63, 3.8) is 0 Å². The number of nitrogens with one attached hydrogen (secondary N) is 2. The smallest absolute Gasteiger partial charge is 0.149 e. The Bertz CT molecular complexity index is 272. The van der Waals surface area contributed by atoms with Crippen molar-refractivity contribution in [3.05, 3.63) is 18.3 Å². The van der Waals surface area contributed by atoms with E-state index in [2.05, 4.69) is 22.5 Å². The number of hydrogen-bond acceptors (Lipinski definition) is 3. The maximum atomic E-state index is 4.26. The molecule has 0 amide bonds. The molecule has 3 heteroatoms. The second-order valence-electron chi connectivity index (χ2n) is 3.16. The van der Waals surface area contributed by atoms with Gasteiger partial charge in [-0.15, -0.1) is 0 Å². The van der Waals surface area contributed by atoms with Gasteiger partial charge in [0.2, 0.25) is 0 Å². The molecule has 1 aromatic rings. The first-order valence-corrected chi connectivity index (χ1v) is 4.31. The summed E-state index contributed by atoms with van der Waals surface area (Å²) >= 11 is 0. The Labute approximate surface area is 72.2 Å². The van der Waals surface area contributed by atoms with Crippen LogP contribution in [0.1, 0.15) is 13.3 Å². The van der Waals surface area contributed by atoms with Gasteiger partial charge in [-0.05, 0) is 25.5 Å². The van der Waals surface area contributed by atoms with E-state index >= 15 is 0 Å². The molecule has 1 aliphatic rings. The van der Waals surface area contributed by atoms with Crippen LogP contribution < -0.4 is 10.6 Å². The quantitative estimate of drug-likeness (QED) is 0.611. The third-order valence-corrected chi connectivity index (χ3v) is 2.08. The van der Waals surface area contributed by atoms with Crippen LogP contribution in [-0.2, 0) is 0 Å². The van der Waals surface area contributed by atoms with Gasteiger partial charge in [0.25, 0.3) is 0 Å². The van der Waals surface area contributed by atoms with Gasteiger partial charge in [0.15, 0.2) is 0 Å². The van der Waals surface area contributed by atoms with Crippen LogP contribution in [0.25, 0.3) is 0 Å². The van der Waals surface area contributed by atoms with E-state index in [4.69, 9.17) is 0 Å². The van der Waals surface area contributed by atoms with E-state index in [1.165, 1.54) is 0 Å². The summed E-state index contributed by atoms with van der Waals surface area (Å²) in [6.45, 7) is 3.19. The molecule has 12 heavy (non-hydrogen) atoms. The van der Waals surface area contributed by atoms with Crippen molar-refractivity contribution in [1.29, 1.82) is 0 Å². The van der Waals surface area contributed by atoms with Crippen LogP contribution >= 0.6 is 0 Å². The Morgan fingerprint density at radius 1 is 1.58 bits per heavy atom. The molecule has 0 aromatic carbocycles. The zero-order chi connectivity index (χ0) is 8.39. The Hall–Kier alpha value is -1.25. The van der Waals surface area contributed by atoms with Crippen LogP contribution in [-0.4, -0.2) is 17.6 Å². The molecule has 0 aliphatic carbocycles. The highest BCUT2D eigenvalue weighted by Crippen LogP contribution is 2.21. The molecule has 2 heterocycles. The summed E-state index contributed by atoms with van der Waals surface area (Å²) in [5, 5.41) is 6.68. The predicted molar refractivity (Wildman–Crippen MR) is 50.4 cm³/mol. The van der Waals surface area contributed by atoms with Gasteiger partial charge in [-0.2, -0.15) is 0 Å². The van der Waals surface area contributed by atoms with Crippen molar-refractivity contribution in [3.8, 4) is 0 Å². The molecule has 1 unspecified atom stereocenters. The van der Waals surface area contributed by atoms with Crippen LogP contribution in [0.2, 0.25) is 0 Å². The van der Waals surface area contributed by atoms with Gasteiger partial charge in [0, 0.05) is 18.8 Å². The molecule has 0 radical (unpaired) electrons. The number of pyridine rings is 1. The first kappa shape index (κ1) is 7.40. The lowest BCUT2D eigenvalue weighted by Gasteiger charge is -2.09. The van der Waals surface area contributed by atoms with Crippen LogP contribution in [0.3, 0.4) is 0 Å². The molecule has 1 atom stereocenters. The van der Waals surface area contributed by atoms with Crippen molar-refractivity contribution in [2.75, 3.05) is 17.2 Å². The lowest BCUT2D eigenvalue weighted by atomic mass is 10.2. The molecule has 0 saturated heterocycles. The summed E-state index contributed by atoms with van der Waals surface area (Å²) in [7, 11) is 0. The highest BCUT2D eigenvalue weighted by atomic mass is 15.1. The topological polar surface area (TPSA) is 37.0 Å². The summed E-state index contributed by atoms with van der Waals surface area (Å²) in [5.41, 5.74) is 1.11. The van der Waals surface area contributed by atoms with Crippen molar-refractivity contribution in [2.24, 2.45) is 0 Å². The second-order valence-corrected chi connectivity index (χ2v) is 3.16. The van der Waals surface area contributed by atoms with E-state index in [9.17, 15) is 0 Å². The fourth-order valence-electron chi connectivity index (χ4n) is 1.39. The van der Waals surface area contributed by atoms with Crippen molar-refractivity contribution in [1.82, 2.24) is 4.98 Å². The van der Waals surface area contributed by atoms with E-state index < -0.39 is 0 Å². The largest absolute Gasteiger partial charge is 0.382 e. The third-order valence-electron chi connectivity index (χ3n) is 2.08. The molecule has 1 aromatic heterocycles. The number of nitrogens with zero attached hydrogens (tertiary/aromatic N) is 1. The Kier molecular flexibility index (Phi) is 1.86. The summed E-state index contributed by atoms with van der Waals surface area (Å²) < 4.78 is 0. The molecular formula is C9H13N3. The average Bonchev–Trinajstić information content (AvgIpc) is 2.25. The van der Waals surface area contributed by atoms with Crippen LogP contribution in [0.4, 0.5) is 11.5 Å². The van der Waals surface area contributed by atoms with E-state index in [0.29, 0.717) is 6.04 Å². The average molecular weight is 163 g/mol. The van der Waals surface area contributed by atoms with Crippen LogP contribution in [0.15, 0.2) is 18.3 Å². The summed E-state index contributed by atoms with van der Waals surface area (Å²) in [6.07, 6.45) is 2.95. The molecule has 0 fully saturated rings. The van der Waals surface area contributed by atoms with Crippen molar-refractivity contribution >= 4 is 11.5 Å². The molecule has 0 bridgehead atoms. The molecule has 64 valence electrons. The highest BCUT2D eigenvalue weighted by molar-refractivity contribution is 5.64. The molecule has 0 saturated carbocycles. The minimum Gasteiger partial charge on any atom is -0.382 e. The number of hydrogen-bond donors (Lipinski definition) is 2. The number of anilines is 2. The van der Waals surface area contributed by atoms with E-state index in [1.807, 2.05) is 18.3 Å². The van der Waals surface area contributed by atoms with Gasteiger partial charge < -0.3 is 10.6 Å². The second kappa shape index (κ2) is 3.01. The maximum Gasteiger partial charge on any atom is 0.149 e. The van der Waals surface area contributed by atoms with E-state index in [-0.39, 0.29) is 0 Å². The summed E-state index contributed by atoms with van der Waals surface area (Å²) in [4.78, 5) is 4.26. The maximum absolute atomic E-state index is 4.26. The Morgan fingerprint density at radius 2 is 2.50 bits per heavy atom.